The van der Waals surface area contributed by atoms with Gasteiger partial charge in [-0.2, -0.15) is 0 Å². The van der Waals surface area contributed by atoms with Gasteiger partial charge in [0.05, 0.1) is 0 Å². The molecule has 19 heavy (non-hydrogen) atoms. The van der Waals surface area contributed by atoms with Crippen LogP contribution in [0.3, 0.4) is 0 Å². The minimum absolute atomic E-state index is 0.407. The van der Waals surface area contributed by atoms with Crippen LogP contribution < -0.4 is 0 Å². The third-order valence-corrected chi connectivity index (χ3v) is 5.41. The molecule has 2 bridgehead atoms. The molecule has 1 saturated carbocycles. The van der Waals surface area contributed by atoms with Crippen molar-refractivity contribution in [1.82, 2.24) is 0 Å². The highest BCUT2D eigenvalue weighted by Gasteiger charge is 2.53. The van der Waals surface area contributed by atoms with Gasteiger partial charge in [0.25, 0.3) is 0 Å². The molecule has 4 aliphatic rings. The summed E-state index contributed by atoms with van der Waals surface area (Å²) in [6, 6.07) is 0. The van der Waals surface area contributed by atoms with Crippen LogP contribution in [-0.4, -0.2) is 0 Å². The molecule has 0 aromatic rings. The first kappa shape index (κ1) is 11.3. The molecule has 1 fully saturated rings. The topological polar surface area (TPSA) is 0 Å². The van der Waals surface area contributed by atoms with Crippen LogP contribution in [0.1, 0.15) is 46.0 Å². The highest BCUT2D eigenvalue weighted by atomic mass is 14.6. The summed E-state index contributed by atoms with van der Waals surface area (Å²) in [5, 5.41) is 0. The lowest BCUT2D eigenvalue weighted by molar-refractivity contribution is 0.578. The molecule has 1 atom stereocenters. The third-order valence-electron chi connectivity index (χ3n) is 5.41. The lowest BCUT2D eigenvalue weighted by Gasteiger charge is -2.18. The fourth-order valence-corrected chi connectivity index (χ4v) is 4.05. The lowest BCUT2D eigenvalue weighted by atomic mass is 9.85. The summed E-state index contributed by atoms with van der Waals surface area (Å²) in [6.45, 7) is 4.68. The molecule has 0 aromatic heterocycles. The van der Waals surface area contributed by atoms with E-state index >= 15 is 0 Å². The van der Waals surface area contributed by atoms with E-state index in [4.69, 9.17) is 0 Å². The molecule has 4 rings (SSSR count). The standard InChI is InChI=1S/C19H20/c1-13-14(2)19-11-7-6-10-17(18(19)12-19)16-9-5-3-4-8-15(13)16/h5-6,8,10H,3-4,7,11-12H2,1-2H3. The number of allylic oxidation sites excluding steroid dienone is 9. The number of hydrogen-bond donors (Lipinski definition) is 0. The maximum absolute atomic E-state index is 3.59. The normalized spacial score (nSPS) is 31.9. The average molecular weight is 248 g/mol. The van der Waals surface area contributed by atoms with Crippen molar-refractivity contribution >= 4 is 0 Å². The fraction of sp³-hybridized carbons (Fsp3) is 0.421. The van der Waals surface area contributed by atoms with Crippen LogP contribution in [-0.2, 0) is 0 Å². The highest BCUT2D eigenvalue weighted by Crippen LogP contribution is 2.66. The second-order valence-electron chi connectivity index (χ2n) is 6.26. The van der Waals surface area contributed by atoms with Gasteiger partial charge in [-0.15, -0.1) is 5.73 Å². The van der Waals surface area contributed by atoms with Gasteiger partial charge in [-0.25, -0.2) is 0 Å². The van der Waals surface area contributed by atoms with Crippen LogP contribution in [0.15, 0.2) is 63.5 Å². The maximum Gasteiger partial charge on any atom is 0.0305 e. The maximum atomic E-state index is 3.59. The van der Waals surface area contributed by atoms with Gasteiger partial charge in [0.1, 0.15) is 0 Å². The molecular formula is C19H20. The van der Waals surface area contributed by atoms with Crippen LogP contribution >= 0.6 is 0 Å². The van der Waals surface area contributed by atoms with Crippen molar-refractivity contribution in [2.24, 2.45) is 5.41 Å². The van der Waals surface area contributed by atoms with E-state index in [1.54, 1.807) is 11.1 Å². The van der Waals surface area contributed by atoms with Crippen molar-refractivity contribution in [1.29, 1.82) is 0 Å². The zero-order valence-electron chi connectivity index (χ0n) is 11.8. The first-order valence-corrected chi connectivity index (χ1v) is 7.48. The van der Waals surface area contributed by atoms with Crippen LogP contribution in [0.4, 0.5) is 0 Å². The third kappa shape index (κ3) is 1.41. The fourth-order valence-electron chi connectivity index (χ4n) is 4.05. The van der Waals surface area contributed by atoms with Crippen LogP contribution in [0.5, 0.6) is 0 Å². The minimum Gasteiger partial charge on any atom is -0.116 e. The van der Waals surface area contributed by atoms with E-state index in [0.717, 1.165) is 12.8 Å². The van der Waals surface area contributed by atoms with Crippen molar-refractivity contribution in [2.45, 2.75) is 46.0 Å². The Labute approximate surface area is 115 Å². The Morgan fingerprint density at radius 2 is 2.05 bits per heavy atom. The second kappa shape index (κ2) is 3.74. The lowest BCUT2D eigenvalue weighted by Crippen LogP contribution is -2.05. The molecule has 0 heterocycles. The number of fused-ring (bicyclic) bond motifs is 2. The monoisotopic (exact) mass is 248 g/mol. The molecule has 96 valence electrons. The zero-order valence-corrected chi connectivity index (χ0v) is 11.8. The molecule has 0 aliphatic heterocycles. The predicted molar refractivity (Wildman–Crippen MR) is 79.7 cm³/mol. The minimum atomic E-state index is 0.407. The molecule has 0 aromatic carbocycles. The summed E-state index contributed by atoms with van der Waals surface area (Å²) < 4.78 is 0. The van der Waals surface area contributed by atoms with Gasteiger partial charge >= 0.3 is 0 Å². The van der Waals surface area contributed by atoms with Gasteiger partial charge < -0.3 is 0 Å². The zero-order chi connectivity index (χ0) is 13.0. The molecule has 0 amide bonds. The van der Waals surface area contributed by atoms with Crippen molar-refractivity contribution < 1.29 is 0 Å². The van der Waals surface area contributed by atoms with E-state index in [2.05, 4.69) is 43.9 Å². The van der Waals surface area contributed by atoms with Gasteiger partial charge in [-0.1, -0.05) is 23.8 Å². The molecule has 0 heteroatoms. The molecule has 4 aliphatic carbocycles. The SMILES string of the molecule is CC1=C(C)C23CCC=CC(=C2C3)C2=C=CCCC=C21. The van der Waals surface area contributed by atoms with Crippen molar-refractivity contribution in [3.8, 4) is 0 Å². The van der Waals surface area contributed by atoms with E-state index in [1.165, 1.54) is 41.6 Å². The second-order valence-corrected chi connectivity index (χ2v) is 6.26. The Morgan fingerprint density at radius 1 is 1.16 bits per heavy atom. The molecule has 1 unspecified atom stereocenters. The Morgan fingerprint density at radius 3 is 2.95 bits per heavy atom. The van der Waals surface area contributed by atoms with Crippen LogP contribution in [0.25, 0.3) is 0 Å². The largest absolute Gasteiger partial charge is 0.116 e. The van der Waals surface area contributed by atoms with Crippen molar-refractivity contribution in [2.75, 3.05) is 0 Å². The van der Waals surface area contributed by atoms with E-state index in [-0.39, 0.29) is 0 Å². The summed E-state index contributed by atoms with van der Waals surface area (Å²) in [6.07, 6.45) is 15.5. The first-order valence-electron chi connectivity index (χ1n) is 7.48. The number of hydrogen-bond acceptors (Lipinski definition) is 0. The Kier molecular flexibility index (Phi) is 2.23. The van der Waals surface area contributed by atoms with Gasteiger partial charge in [-0.3, -0.25) is 0 Å². The summed E-state index contributed by atoms with van der Waals surface area (Å²) in [5.74, 6) is 0. The summed E-state index contributed by atoms with van der Waals surface area (Å²) in [4.78, 5) is 0. The highest BCUT2D eigenvalue weighted by molar-refractivity contribution is 5.70. The predicted octanol–water partition coefficient (Wildman–Crippen LogP) is 5.17. The van der Waals surface area contributed by atoms with E-state index in [9.17, 15) is 0 Å². The van der Waals surface area contributed by atoms with E-state index in [0.29, 0.717) is 5.41 Å². The quantitative estimate of drug-likeness (QED) is 0.518. The van der Waals surface area contributed by atoms with Gasteiger partial charge in [0.2, 0.25) is 0 Å². The van der Waals surface area contributed by atoms with E-state index in [1.807, 2.05) is 0 Å². The molecule has 0 N–H and O–H groups in total. The molecule has 0 saturated heterocycles. The van der Waals surface area contributed by atoms with Gasteiger partial charge in [0.15, 0.2) is 0 Å². The molecule has 0 spiro atoms. The Bertz CT molecular complexity index is 654. The first-order chi connectivity index (χ1) is 9.24. The molecule has 0 nitrogen and oxygen atoms in total. The van der Waals surface area contributed by atoms with E-state index < -0.39 is 0 Å². The van der Waals surface area contributed by atoms with Crippen LogP contribution in [0.2, 0.25) is 0 Å². The van der Waals surface area contributed by atoms with Crippen LogP contribution in [0, 0.1) is 5.41 Å². The summed E-state index contributed by atoms with van der Waals surface area (Å²) >= 11 is 0. The average Bonchev–Trinajstić information content (AvgIpc) is 3.16. The Hall–Kier alpha value is -1.52. The van der Waals surface area contributed by atoms with Crippen molar-refractivity contribution in [3.63, 3.8) is 0 Å². The molecular weight excluding hydrogens is 228 g/mol. The summed E-state index contributed by atoms with van der Waals surface area (Å²) in [7, 11) is 0. The molecule has 0 radical (unpaired) electrons. The van der Waals surface area contributed by atoms with Crippen molar-refractivity contribution in [3.05, 3.63) is 63.5 Å². The van der Waals surface area contributed by atoms with Gasteiger partial charge in [-0.05, 0) is 74.3 Å². The number of rotatable bonds is 0. The smallest absolute Gasteiger partial charge is 0.0305 e. The summed E-state index contributed by atoms with van der Waals surface area (Å²) in [5.41, 5.74) is 13.1. The Balaban J connectivity index is 2.07. The van der Waals surface area contributed by atoms with Gasteiger partial charge in [0, 0.05) is 11.0 Å².